The second-order valence-electron chi connectivity index (χ2n) is 6.30. The molecule has 0 aromatic carbocycles. The molecule has 1 heterocycles. The van der Waals surface area contributed by atoms with E-state index in [1.165, 1.54) is 17.7 Å². The van der Waals surface area contributed by atoms with E-state index in [0.29, 0.717) is 32.0 Å². The number of carbonyl (C=O) groups excluding carboxylic acids is 2. The number of nitrogens with zero attached hydrogens (tertiary/aromatic N) is 1. The Morgan fingerprint density at radius 3 is 2.39 bits per heavy atom. The summed E-state index contributed by atoms with van der Waals surface area (Å²) < 4.78 is 0. The molecule has 2 rings (SSSR count). The number of nitrogens with one attached hydrogen (secondary N) is 1. The van der Waals surface area contributed by atoms with Crippen LogP contribution in [0.1, 0.15) is 39.5 Å². The summed E-state index contributed by atoms with van der Waals surface area (Å²) in [6, 6.07) is 0.619. The van der Waals surface area contributed by atoms with E-state index in [1.54, 1.807) is 0 Å². The number of hydrogen-bond acceptors (Lipinski definition) is 3. The van der Waals surface area contributed by atoms with E-state index in [9.17, 15) is 9.59 Å². The van der Waals surface area contributed by atoms with Crippen molar-refractivity contribution in [2.45, 2.75) is 45.6 Å². The van der Waals surface area contributed by atoms with Crippen molar-refractivity contribution in [2.75, 3.05) is 13.1 Å². The Bertz CT molecular complexity index is 363. The molecule has 1 saturated heterocycles. The Balaban J connectivity index is 1.85. The van der Waals surface area contributed by atoms with Gasteiger partial charge < -0.3 is 5.32 Å². The third kappa shape index (κ3) is 3.42. The minimum absolute atomic E-state index is 0.0659. The first-order valence-corrected chi connectivity index (χ1v) is 6.61. The first-order chi connectivity index (χ1) is 8.37. The van der Waals surface area contributed by atoms with Gasteiger partial charge in [-0.3, -0.25) is 14.5 Å². The van der Waals surface area contributed by atoms with Crippen LogP contribution in [0.3, 0.4) is 0 Å². The van der Waals surface area contributed by atoms with E-state index in [0.717, 1.165) is 5.57 Å². The lowest BCUT2D eigenvalue weighted by Gasteiger charge is -2.35. The molecule has 1 saturated carbocycles. The van der Waals surface area contributed by atoms with Crippen LogP contribution < -0.4 is 5.32 Å². The predicted octanol–water partition coefficient (Wildman–Crippen LogP) is 1.47. The highest BCUT2D eigenvalue weighted by Crippen LogP contribution is 2.31. The fourth-order valence-electron chi connectivity index (χ4n) is 2.24. The van der Waals surface area contributed by atoms with Gasteiger partial charge in [-0.15, -0.1) is 0 Å². The molecule has 2 fully saturated rings. The lowest BCUT2D eigenvalue weighted by Crippen LogP contribution is -2.47. The Morgan fingerprint density at radius 1 is 1.33 bits per heavy atom. The normalized spacial score (nSPS) is 23.3. The van der Waals surface area contributed by atoms with Gasteiger partial charge >= 0.3 is 0 Å². The van der Waals surface area contributed by atoms with Crippen LogP contribution in [-0.2, 0) is 9.59 Å². The Labute approximate surface area is 108 Å². The minimum atomic E-state index is -0.196. The Kier molecular flexibility index (Phi) is 3.57. The Morgan fingerprint density at radius 2 is 1.89 bits per heavy atom. The topological polar surface area (TPSA) is 49.4 Å². The van der Waals surface area contributed by atoms with Crippen molar-refractivity contribution in [3.05, 3.63) is 12.2 Å². The van der Waals surface area contributed by atoms with Crippen LogP contribution in [-0.4, -0.2) is 35.8 Å². The van der Waals surface area contributed by atoms with E-state index in [1.807, 2.05) is 13.8 Å². The van der Waals surface area contributed by atoms with Crippen molar-refractivity contribution in [1.82, 2.24) is 10.2 Å². The highest BCUT2D eigenvalue weighted by molar-refractivity contribution is 5.98. The molecular weight excluding hydrogens is 228 g/mol. The van der Waals surface area contributed by atoms with Crippen molar-refractivity contribution < 1.29 is 9.59 Å². The summed E-state index contributed by atoms with van der Waals surface area (Å²) in [5, 5.41) is 3.34. The van der Waals surface area contributed by atoms with E-state index in [4.69, 9.17) is 0 Å². The summed E-state index contributed by atoms with van der Waals surface area (Å²) in [5.74, 6) is -0.132. The molecule has 1 N–H and O–H groups in total. The largest absolute Gasteiger partial charge is 0.310 e. The van der Waals surface area contributed by atoms with E-state index < -0.39 is 0 Å². The average Bonchev–Trinajstić information content (AvgIpc) is 3.03. The van der Waals surface area contributed by atoms with Crippen LogP contribution in [0.4, 0.5) is 0 Å². The molecular formula is C14H22N2O2. The van der Waals surface area contributed by atoms with Gasteiger partial charge in [0.2, 0.25) is 11.8 Å². The summed E-state index contributed by atoms with van der Waals surface area (Å²) in [5.41, 5.74) is 0.710. The van der Waals surface area contributed by atoms with Gasteiger partial charge in [-0.25, -0.2) is 0 Å². The summed E-state index contributed by atoms with van der Waals surface area (Å²) in [6.45, 7) is 8.94. The quantitative estimate of drug-likeness (QED) is 0.594. The molecule has 0 aromatic rings. The zero-order valence-electron chi connectivity index (χ0n) is 11.3. The molecule has 2 aliphatic rings. The van der Waals surface area contributed by atoms with Gasteiger partial charge in [-0.1, -0.05) is 20.4 Å². The third-order valence-electron chi connectivity index (χ3n) is 3.46. The fourth-order valence-corrected chi connectivity index (χ4v) is 2.24. The SMILES string of the molecule is C=C(CNC1CC1)CN1C(=O)CC(C)(C)CC1=O. The lowest BCUT2D eigenvalue weighted by atomic mass is 9.81. The second-order valence-corrected chi connectivity index (χ2v) is 6.30. The molecule has 0 aromatic heterocycles. The fraction of sp³-hybridized carbons (Fsp3) is 0.714. The van der Waals surface area contributed by atoms with E-state index in [-0.39, 0.29) is 17.2 Å². The zero-order valence-corrected chi connectivity index (χ0v) is 11.3. The molecule has 1 aliphatic carbocycles. The van der Waals surface area contributed by atoms with E-state index in [2.05, 4.69) is 11.9 Å². The number of piperidine rings is 1. The Hall–Kier alpha value is -1.16. The summed E-state index contributed by atoms with van der Waals surface area (Å²) in [7, 11) is 0. The average molecular weight is 250 g/mol. The summed E-state index contributed by atoms with van der Waals surface area (Å²) in [4.78, 5) is 25.3. The highest BCUT2D eigenvalue weighted by atomic mass is 16.2. The molecule has 100 valence electrons. The zero-order chi connectivity index (χ0) is 13.3. The smallest absolute Gasteiger partial charge is 0.230 e. The first kappa shape index (κ1) is 13.3. The van der Waals surface area contributed by atoms with Gasteiger partial charge in [0.1, 0.15) is 0 Å². The van der Waals surface area contributed by atoms with Gasteiger partial charge in [0.25, 0.3) is 0 Å². The van der Waals surface area contributed by atoms with Crippen LogP contribution in [0.25, 0.3) is 0 Å². The molecule has 4 heteroatoms. The van der Waals surface area contributed by atoms with Crippen LogP contribution in [0.2, 0.25) is 0 Å². The van der Waals surface area contributed by atoms with Crippen LogP contribution in [0.5, 0.6) is 0 Å². The summed E-state index contributed by atoms with van der Waals surface area (Å²) >= 11 is 0. The standard InChI is InChI=1S/C14H22N2O2/c1-10(8-15-11-4-5-11)9-16-12(17)6-14(2,3)7-13(16)18/h11,15H,1,4-9H2,2-3H3. The van der Waals surface area contributed by atoms with Crippen molar-refractivity contribution in [1.29, 1.82) is 0 Å². The maximum absolute atomic E-state index is 11.9. The number of carbonyl (C=O) groups is 2. The number of hydrogen-bond donors (Lipinski definition) is 1. The molecule has 4 nitrogen and oxygen atoms in total. The van der Waals surface area contributed by atoms with Crippen LogP contribution in [0.15, 0.2) is 12.2 Å². The maximum atomic E-state index is 11.9. The monoisotopic (exact) mass is 250 g/mol. The van der Waals surface area contributed by atoms with Gasteiger partial charge in [0.15, 0.2) is 0 Å². The second kappa shape index (κ2) is 4.84. The first-order valence-electron chi connectivity index (χ1n) is 6.61. The van der Waals surface area contributed by atoms with E-state index >= 15 is 0 Å². The number of likely N-dealkylation sites (tertiary alicyclic amines) is 1. The molecule has 0 spiro atoms. The van der Waals surface area contributed by atoms with Crippen molar-refractivity contribution in [3.8, 4) is 0 Å². The van der Waals surface area contributed by atoms with Gasteiger partial charge in [-0.2, -0.15) is 0 Å². The number of rotatable bonds is 5. The van der Waals surface area contributed by atoms with Crippen molar-refractivity contribution in [2.24, 2.45) is 5.41 Å². The number of imide groups is 1. The van der Waals surface area contributed by atoms with Gasteiger partial charge in [0.05, 0.1) is 6.54 Å². The minimum Gasteiger partial charge on any atom is -0.310 e. The molecule has 0 radical (unpaired) electrons. The number of amides is 2. The van der Waals surface area contributed by atoms with Crippen LogP contribution in [0, 0.1) is 5.41 Å². The lowest BCUT2D eigenvalue weighted by molar-refractivity contribution is -0.151. The maximum Gasteiger partial charge on any atom is 0.230 e. The van der Waals surface area contributed by atoms with Crippen LogP contribution >= 0.6 is 0 Å². The van der Waals surface area contributed by atoms with Crippen molar-refractivity contribution in [3.63, 3.8) is 0 Å². The summed E-state index contributed by atoms with van der Waals surface area (Å²) in [6.07, 6.45) is 3.34. The molecule has 2 amide bonds. The third-order valence-corrected chi connectivity index (χ3v) is 3.46. The molecule has 0 bridgehead atoms. The molecule has 18 heavy (non-hydrogen) atoms. The van der Waals surface area contributed by atoms with Gasteiger partial charge in [-0.05, 0) is 23.8 Å². The van der Waals surface area contributed by atoms with Crippen molar-refractivity contribution >= 4 is 11.8 Å². The predicted molar refractivity (Wildman–Crippen MR) is 69.9 cm³/mol. The highest BCUT2D eigenvalue weighted by Gasteiger charge is 2.37. The molecule has 0 atom stereocenters. The molecule has 0 unspecified atom stereocenters. The molecule has 1 aliphatic heterocycles. The van der Waals surface area contributed by atoms with Gasteiger partial charge in [0, 0.05) is 25.4 Å².